The van der Waals surface area contributed by atoms with Gasteiger partial charge in [0.05, 0.1) is 0 Å². The van der Waals surface area contributed by atoms with Crippen molar-refractivity contribution in [2.24, 2.45) is 11.8 Å². The van der Waals surface area contributed by atoms with Crippen LogP contribution in [0.3, 0.4) is 0 Å². The van der Waals surface area contributed by atoms with Gasteiger partial charge in [-0.25, -0.2) is 0 Å². The summed E-state index contributed by atoms with van der Waals surface area (Å²) >= 11 is 13.8. The first kappa shape index (κ1) is 17.5. The van der Waals surface area contributed by atoms with Crippen molar-refractivity contribution in [2.75, 3.05) is 10.7 Å². The third-order valence-corrected chi connectivity index (χ3v) is 6.05. The Labute approximate surface area is 139 Å². The summed E-state index contributed by atoms with van der Waals surface area (Å²) in [5.74, 6) is 1.43. The number of hydrogen-bond acceptors (Lipinski definition) is 0. The van der Waals surface area contributed by atoms with Crippen molar-refractivity contribution in [2.45, 2.75) is 39.0 Å². The smallest absolute Gasteiger partial charge is 0.0444 e. The number of hydrogen-bond donors (Lipinski definition) is 0. The summed E-state index contributed by atoms with van der Waals surface area (Å²) in [6.07, 6.45) is 2.40. The molecule has 0 saturated heterocycles. The number of alkyl halides is 2. The highest BCUT2D eigenvalue weighted by Crippen LogP contribution is 2.40. The van der Waals surface area contributed by atoms with Crippen LogP contribution < -0.4 is 0 Å². The van der Waals surface area contributed by atoms with Gasteiger partial charge in [0.2, 0.25) is 0 Å². The Morgan fingerprint density at radius 3 is 2.16 bits per heavy atom. The first-order chi connectivity index (χ1) is 8.95. The number of benzene rings is 1. The molecule has 108 valence electrons. The highest BCUT2D eigenvalue weighted by molar-refractivity contribution is 9.09. The van der Waals surface area contributed by atoms with E-state index in [-0.39, 0.29) is 5.41 Å². The van der Waals surface area contributed by atoms with Crippen molar-refractivity contribution in [3.63, 3.8) is 0 Å². The summed E-state index contributed by atoms with van der Waals surface area (Å²) in [5.41, 5.74) is 1.33. The maximum Gasteiger partial charge on any atom is 0.0444 e. The lowest BCUT2D eigenvalue weighted by atomic mass is 9.75. The van der Waals surface area contributed by atoms with E-state index in [0.717, 1.165) is 28.0 Å². The number of rotatable bonds is 7. The molecule has 1 rings (SSSR count). The monoisotopic (exact) mass is 408 g/mol. The third kappa shape index (κ3) is 4.75. The molecule has 0 radical (unpaired) electrons. The van der Waals surface area contributed by atoms with Crippen LogP contribution in [0.1, 0.15) is 39.2 Å². The maximum atomic E-state index is 6.41. The van der Waals surface area contributed by atoms with Gasteiger partial charge in [0, 0.05) is 21.1 Å². The second-order valence-electron chi connectivity index (χ2n) is 5.97. The Morgan fingerprint density at radius 2 is 1.68 bits per heavy atom. The van der Waals surface area contributed by atoms with E-state index in [1.165, 1.54) is 12.0 Å². The van der Waals surface area contributed by atoms with Gasteiger partial charge in [0.15, 0.2) is 0 Å². The minimum absolute atomic E-state index is 0.0760. The third-order valence-electron chi connectivity index (χ3n) is 3.57. The van der Waals surface area contributed by atoms with Crippen LogP contribution in [-0.4, -0.2) is 10.7 Å². The summed E-state index contributed by atoms with van der Waals surface area (Å²) in [7, 11) is 0. The molecule has 0 amide bonds. The lowest BCUT2D eigenvalue weighted by molar-refractivity contribution is 0.342. The molecule has 0 N–H and O–H groups in total. The van der Waals surface area contributed by atoms with Crippen LogP contribution in [0.25, 0.3) is 0 Å². The topological polar surface area (TPSA) is 0 Å². The molecule has 0 bridgehead atoms. The minimum atomic E-state index is 0.0760. The van der Waals surface area contributed by atoms with E-state index in [0.29, 0.717) is 5.92 Å². The van der Waals surface area contributed by atoms with E-state index in [1.807, 2.05) is 12.1 Å². The summed E-state index contributed by atoms with van der Waals surface area (Å²) in [5, 5.41) is 2.73. The van der Waals surface area contributed by atoms with E-state index in [9.17, 15) is 0 Å². The molecule has 3 heteroatoms. The van der Waals surface area contributed by atoms with Gasteiger partial charge in [-0.05, 0) is 36.3 Å². The maximum absolute atomic E-state index is 6.41. The number of halogens is 3. The fourth-order valence-electron chi connectivity index (χ4n) is 2.85. The lowest BCUT2D eigenvalue weighted by Gasteiger charge is -2.34. The average molecular weight is 411 g/mol. The standard InChI is InChI=1S/C16H23Br2Cl/c1-12(2)8-13(3)9-16(10-17,11-18)14-6-4-5-7-15(14)19/h4-7,12-13H,8-11H2,1-3H3. The summed E-state index contributed by atoms with van der Waals surface area (Å²) in [6, 6.07) is 8.22. The zero-order valence-electron chi connectivity index (χ0n) is 11.9. The van der Waals surface area contributed by atoms with Gasteiger partial charge in [0.25, 0.3) is 0 Å². The summed E-state index contributed by atoms with van der Waals surface area (Å²) in [4.78, 5) is 0. The highest BCUT2D eigenvalue weighted by atomic mass is 79.9. The predicted molar refractivity (Wildman–Crippen MR) is 94.0 cm³/mol. The molecular formula is C16H23Br2Cl. The Morgan fingerprint density at radius 1 is 1.11 bits per heavy atom. The molecule has 1 atom stereocenters. The predicted octanol–water partition coefficient (Wildman–Crippen LogP) is 6.44. The van der Waals surface area contributed by atoms with Gasteiger partial charge in [-0.1, -0.05) is 82.4 Å². The van der Waals surface area contributed by atoms with Crippen LogP contribution in [0.4, 0.5) is 0 Å². The summed E-state index contributed by atoms with van der Waals surface area (Å²) in [6.45, 7) is 6.92. The van der Waals surface area contributed by atoms with E-state index < -0.39 is 0 Å². The largest absolute Gasteiger partial charge is 0.0918 e. The van der Waals surface area contributed by atoms with Crippen molar-refractivity contribution >= 4 is 43.5 Å². The van der Waals surface area contributed by atoms with Crippen LogP contribution in [0, 0.1) is 11.8 Å². The molecule has 1 aromatic rings. The molecule has 0 heterocycles. The van der Waals surface area contributed by atoms with Crippen LogP contribution in [-0.2, 0) is 5.41 Å². The van der Waals surface area contributed by atoms with Crippen molar-refractivity contribution in [3.8, 4) is 0 Å². The quantitative estimate of drug-likeness (QED) is 0.454. The average Bonchev–Trinajstić information content (AvgIpc) is 2.36. The van der Waals surface area contributed by atoms with E-state index in [1.54, 1.807) is 0 Å². The molecule has 0 aliphatic heterocycles. The Hall–Kier alpha value is 0.470. The van der Waals surface area contributed by atoms with Crippen molar-refractivity contribution in [1.29, 1.82) is 0 Å². The van der Waals surface area contributed by atoms with E-state index in [4.69, 9.17) is 11.6 Å². The Balaban J connectivity index is 3.00. The molecular weight excluding hydrogens is 387 g/mol. The van der Waals surface area contributed by atoms with E-state index in [2.05, 4.69) is 64.8 Å². The van der Waals surface area contributed by atoms with Gasteiger partial charge in [-0.15, -0.1) is 0 Å². The zero-order chi connectivity index (χ0) is 14.5. The molecule has 0 spiro atoms. The van der Waals surface area contributed by atoms with Gasteiger partial charge in [0.1, 0.15) is 0 Å². The Kier molecular flexibility index (Phi) is 7.42. The molecule has 0 nitrogen and oxygen atoms in total. The normalized spacial score (nSPS) is 13.8. The molecule has 0 aromatic heterocycles. The van der Waals surface area contributed by atoms with E-state index >= 15 is 0 Å². The summed E-state index contributed by atoms with van der Waals surface area (Å²) < 4.78 is 0. The van der Waals surface area contributed by atoms with Crippen molar-refractivity contribution in [3.05, 3.63) is 34.9 Å². The van der Waals surface area contributed by atoms with Gasteiger partial charge in [-0.3, -0.25) is 0 Å². The molecule has 1 unspecified atom stereocenters. The van der Waals surface area contributed by atoms with Crippen LogP contribution in [0.5, 0.6) is 0 Å². The van der Waals surface area contributed by atoms with Gasteiger partial charge in [-0.2, -0.15) is 0 Å². The molecule has 19 heavy (non-hydrogen) atoms. The second kappa shape index (κ2) is 8.05. The highest BCUT2D eigenvalue weighted by Gasteiger charge is 2.33. The van der Waals surface area contributed by atoms with Crippen LogP contribution in [0.2, 0.25) is 5.02 Å². The molecule has 0 aliphatic carbocycles. The second-order valence-corrected chi connectivity index (χ2v) is 7.49. The van der Waals surface area contributed by atoms with Crippen LogP contribution >= 0.6 is 43.5 Å². The van der Waals surface area contributed by atoms with Gasteiger partial charge < -0.3 is 0 Å². The molecule has 1 aromatic carbocycles. The SMILES string of the molecule is CC(C)CC(C)CC(CBr)(CBr)c1ccccc1Cl. The fourth-order valence-corrected chi connectivity index (χ4v) is 5.17. The first-order valence-corrected chi connectivity index (χ1v) is 9.44. The first-order valence-electron chi connectivity index (χ1n) is 6.82. The minimum Gasteiger partial charge on any atom is -0.0918 e. The molecule has 0 saturated carbocycles. The molecule has 0 aliphatic rings. The Bertz CT molecular complexity index is 386. The fraction of sp³-hybridized carbons (Fsp3) is 0.625. The zero-order valence-corrected chi connectivity index (χ0v) is 15.9. The van der Waals surface area contributed by atoms with Gasteiger partial charge >= 0.3 is 0 Å². The van der Waals surface area contributed by atoms with Crippen molar-refractivity contribution < 1.29 is 0 Å². The lowest BCUT2D eigenvalue weighted by Crippen LogP contribution is -2.33. The molecule has 0 fully saturated rings. The van der Waals surface area contributed by atoms with Crippen LogP contribution in [0.15, 0.2) is 24.3 Å². The van der Waals surface area contributed by atoms with Crippen molar-refractivity contribution in [1.82, 2.24) is 0 Å².